The molecule has 2 amide bonds. The van der Waals surface area contributed by atoms with Crippen LogP contribution in [0.2, 0.25) is 0 Å². The number of hydrogen-bond donors (Lipinski definition) is 1. The van der Waals surface area contributed by atoms with Gasteiger partial charge in [-0.05, 0) is 49.5 Å². The number of fused-ring (bicyclic) bond motifs is 4. The number of nitrogens with one attached hydrogen (secondary N) is 1. The minimum atomic E-state index is -1.29. The van der Waals surface area contributed by atoms with E-state index < -0.39 is 10.3 Å². The summed E-state index contributed by atoms with van der Waals surface area (Å²) in [4.78, 5) is 41.8. The van der Waals surface area contributed by atoms with Crippen LogP contribution in [0.1, 0.15) is 44.1 Å². The number of nitro benzene ring substituents is 1. The Morgan fingerprint density at radius 2 is 1.97 bits per heavy atom. The van der Waals surface area contributed by atoms with Gasteiger partial charge in [0.1, 0.15) is 0 Å². The normalized spacial score (nSPS) is 29.2. The van der Waals surface area contributed by atoms with E-state index in [1.165, 1.54) is 12.1 Å². The van der Waals surface area contributed by atoms with Gasteiger partial charge in [-0.2, -0.15) is 0 Å². The monoisotopic (exact) mass is 414 g/mol. The summed E-state index contributed by atoms with van der Waals surface area (Å²) in [7, 11) is 0. The summed E-state index contributed by atoms with van der Waals surface area (Å²) in [5.74, 6) is -0.596. The van der Waals surface area contributed by atoms with Gasteiger partial charge in [-0.15, -0.1) is 0 Å². The first-order valence-corrected chi connectivity index (χ1v) is 10.6. The molecule has 1 aliphatic carbocycles. The molecule has 29 heavy (non-hydrogen) atoms. The molecule has 0 bridgehead atoms. The third kappa shape index (κ3) is 2.67. The third-order valence-electron chi connectivity index (χ3n) is 6.73. The number of non-ortho nitro benzene ring substituents is 1. The van der Waals surface area contributed by atoms with Crippen molar-refractivity contribution < 1.29 is 14.5 Å². The van der Waals surface area contributed by atoms with Gasteiger partial charge in [0, 0.05) is 36.8 Å². The lowest BCUT2D eigenvalue weighted by Crippen LogP contribution is -2.72. The quantitative estimate of drug-likeness (QED) is 0.345. The Bertz CT molecular complexity index is 946. The molecule has 4 aliphatic rings. The molecule has 3 aliphatic heterocycles. The molecule has 152 valence electrons. The van der Waals surface area contributed by atoms with Crippen LogP contribution >= 0.6 is 12.2 Å². The molecule has 1 aromatic rings. The molecule has 3 heterocycles. The first-order valence-electron chi connectivity index (χ1n) is 10.2. The molecule has 9 heteroatoms. The van der Waals surface area contributed by atoms with E-state index in [9.17, 15) is 19.7 Å². The Hall–Kier alpha value is -2.55. The molecule has 8 nitrogen and oxygen atoms in total. The summed E-state index contributed by atoms with van der Waals surface area (Å²) in [5, 5.41) is 14.3. The van der Waals surface area contributed by atoms with Gasteiger partial charge in [-0.1, -0.05) is 12.8 Å². The number of anilines is 1. The van der Waals surface area contributed by atoms with Gasteiger partial charge < -0.3 is 10.2 Å². The summed E-state index contributed by atoms with van der Waals surface area (Å²) in [6.07, 6.45) is 5.61. The van der Waals surface area contributed by atoms with Crippen LogP contribution in [0.25, 0.3) is 0 Å². The highest BCUT2D eigenvalue weighted by atomic mass is 32.1. The summed E-state index contributed by atoms with van der Waals surface area (Å²) in [6, 6.07) is 4.59. The second kappa shape index (κ2) is 6.48. The fourth-order valence-electron chi connectivity index (χ4n) is 5.22. The summed E-state index contributed by atoms with van der Waals surface area (Å²) >= 11 is 5.33. The number of thiocarbonyl (C=S) groups is 1. The molecular formula is C20H22N4O4S. The van der Waals surface area contributed by atoms with Gasteiger partial charge in [0.2, 0.25) is 11.8 Å². The number of hydrogen-bond acceptors (Lipinski definition) is 6. The van der Waals surface area contributed by atoms with E-state index in [4.69, 9.17) is 12.2 Å². The summed E-state index contributed by atoms with van der Waals surface area (Å²) in [5.41, 5.74) is 0.270. The van der Waals surface area contributed by atoms with Crippen LogP contribution in [0.3, 0.4) is 0 Å². The molecular weight excluding hydrogens is 392 g/mol. The molecule has 5 rings (SSSR count). The van der Waals surface area contributed by atoms with E-state index in [1.807, 2.05) is 0 Å². The number of rotatable bonds is 2. The fourth-order valence-corrected chi connectivity index (χ4v) is 5.55. The molecule has 3 fully saturated rings. The zero-order valence-electron chi connectivity index (χ0n) is 15.9. The van der Waals surface area contributed by atoms with Crippen molar-refractivity contribution >= 4 is 40.5 Å². The average Bonchev–Trinajstić information content (AvgIpc) is 3.52. The van der Waals surface area contributed by atoms with Crippen molar-refractivity contribution in [2.24, 2.45) is 5.41 Å². The van der Waals surface area contributed by atoms with Crippen LogP contribution < -0.4 is 10.2 Å². The Labute approximate surface area is 173 Å². The minimum Gasteiger partial charge on any atom is -0.367 e. The van der Waals surface area contributed by atoms with Gasteiger partial charge in [0.15, 0.2) is 10.5 Å². The van der Waals surface area contributed by atoms with Crippen LogP contribution in [-0.2, 0) is 16.0 Å². The van der Waals surface area contributed by atoms with Crippen molar-refractivity contribution in [3.63, 3.8) is 0 Å². The topological polar surface area (TPSA) is 95.8 Å². The largest absolute Gasteiger partial charge is 0.367 e. The van der Waals surface area contributed by atoms with Crippen molar-refractivity contribution in [1.29, 1.82) is 0 Å². The van der Waals surface area contributed by atoms with E-state index >= 15 is 0 Å². The maximum Gasteiger partial charge on any atom is 0.269 e. The highest BCUT2D eigenvalue weighted by Crippen LogP contribution is 2.49. The van der Waals surface area contributed by atoms with Gasteiger partial charge >= 0.3 is 0 Å². The lowest BCUT2D eigenvalue weighted by Gasteiger charge is -2.52. The number of carbonyl (C=O) groups excluding carboxylic acids is 2. The molecule has 0 radical (unpaired) electrons. The summed E-state index contributed by atoms with van der Waals surface area (Å²) < 4.78 is 0. The molecule has 2 saturated heterocycles. The van der Waals surface area contributed by atoms with Crippen molar-refractivity contribution in [2.45, 2.75) is 57.0 Å². The van der Waals surface area contributed by atoms with Crippen molar-refractivity contribution in [3.05, 3.63) is 33.9 Å². The van der Waals surface area contributed by atoms with Gasteiger partial charge in [0.25, 0.3) is 5.69 Å². The molecule has 0 unspecified atom stereocenters. The number of nitro groups is 1. The molecule has 0 aromatic heterocycles. The van der Waals surface area contributed by atoms with E-state index in [-0.39, 0.29) is 41.1 Å². The Balaban J connectivity index is 1.67. The van der Waals surface area contributed by atoms with Crippen molar-refractivity contribution in [2.75, 3.05) is 11.4 Å². The SMILES string of the molecule is O=C1NC(=S)N(C2CC2)C(=O)[C@@]12Cc1cc([N+](=O)[O-])ccc1N1CCCCC[C@H]12. The zero-order valence-corrected chi connectivity index (χ0v) is 16.7. The van der Waals surface area contributed by atoms with Crippen molar-refractivity contribution in [3.8, 4) is 0 Å². The average molecular weight is 414 g/mol. The first-order chi connectivity index (χ1) is 13.9. The maximum absolute atomic E-state index is 13.8. The van der Waals surface area contributed by atoms with Gasteiger partial charge in [-0.25, -0.2) is 0 Å². The molecule has 1 saturated carbocycles. The fraction of sp³-hybridized carbons (Fsp3) is 0.550. The minimum absolute atomic E-state index is 0.0228. The Morgan fingerprint density at radius 3 is 2.69 bits per heavy atom. The number of carbonyl (C=O) groups is 2. The van der Waals surface area contributed by atoms with Crippen LogP contribution in [0.4, 0.5) is 11.4 Å². The Kier molecular flexibility index (Phi) is 4.13. The van der Waals surface area contributed by atoms with E-state index in [0.717, 1.165) is 50.8 Å². The van der Waals surface area contributed by atoms with Crippen LogP contribution in [-0.4, -0.2) is 45.4 Å². The van der Waals surface area contributed by atoms with Crippen LogP contribution in [0, 0.1) is 15.5 Å². The van der Waals surface area contributed by atoms with Gasteiger partial charge in [0.05, 0.1) is 11.0 Å². The second-order valence-corrected chi connectivity index (χ2v) is 8.83. The standard InChI is InChI=1S/C20H22N4O4S/c25-17-20(18(26)23(13-5-6-13)19(29)21-17)11-12-10-14(24(27)28)7-8-15(12)22-9-3-1-2-4-16(20)22/h7-8,10,13,16H,1-6,9,11H2,(H,21,25,29)/t16-,20+/m0/s1. The third-order valence-corrected chi connectivity index (χ3v) is 7.03. The highest BCUT2D eigenvalue weighted by Gasteiger charge is 2.62. The highest BCUT2D eigenvalue weighted by molar-refractivity contribution is 7.80. The van der Waals surface area contributed by atoms with Crippen LogP contribution in [0.5, 0.6) is 0 Å². The van der Waals surface area contributed by atoms with Gasteiger partial charge in [-0.3, -0.25) is 24.6 Å². The smallest absolute Gasteiger partial charge is 0.269 e. The first kappa shape index (κ1) is 18.5. The lowest BCUT2D eigenvalue weighted by molar-refractivity contribution is -0.384. The second-order valence-electron chi connectivity index (χ2n) is 8.44. The predicted molar refractivity (Wildman–Crippen MR) is 109 cm³/mol. The molecule has 1 aromatic carbocycles. The number of benzene rings is 1. The lowest BCUT2D eigenvalue weighted by atomic mass is 9.67. The molecule has 2 atom stereocenters. The predicted octanol–water partition coefficient (Wildman–Crippen LogP) is 2.29. The maximum atomic E-state index is 13.8. The van der Waals surface area contributed by atoms with E-state index in [2.05, 4.69) is 10.2 Å². The number of amides is 2. The Morgan fingerprint density at radius 1 is 1.17 bits per heavy atom. The zero-order chi connectivity index (χ0) is 20.3. The van der Waals surface area contributed by atoms with Crippen LogP contribution in [0.15, 0.2) is 18.2 Å². The van der Waals surface area contributed by atoms with Crippen molar-refractivity contribution in [1.82, 2.24) is 10.2 Å². The number of nitrogens with zero attached hydrogens (tertiary/aromatic N) is 3. The molecule has 1 spiro atoms. The summed E-state index contributed by atoms with van der Waals surface area (Å²) in [6.45, 7) is 0.728. The molecule has 1 N–H and O–H groups in total. The van der Waals surface area contributed by atoms with E-state index in [1.54, 1.807) is 11.0 Å². The van der Waals surface area contributed by atoms with E-state index in [0.29, 0.717) is 5.56 Å².